The lowest BCUT2D eigenvalue weighted by atomic mass is 9.81. The van der Waals surface area contributed by atoms with Crippen LogP contribution >= 0.6 is 11.6 Å². The Bertz CT molecular complexity index is 1060. The Balaban J connectivity index is 1.55. The first-order chi connectivity index (χ1) is 14.9. The normalized spacial score (nSPS) is 24.9. The lowest BCUT2D eigenvalue weighted by Crippen LogP contribution is -2.43. The third kappa shape index (κ3) is 3.02. The number of carbonyl (C=O) groups is 1. The first-order valence-corrected chi connectivity index (χ1v) is 10.5. The van der Waals surface area contributed by atoms with Gasteiger partial charge in [-0.3, -0.25) is 4.79 Å². The fourth-order valence-corrected chi connectivity index (χ4v) is 4.63. The van der Waals surface area contributed by atoms with Gasteiger partial charge in [0, 0.05) is 23.6 Å². The lowest BCUT2D eigenvalue weighted by Gasteiger charge is -2.37. The fraction of sp³-hybridized carbons (Fsp3) is 0.435. The highest BCUT2D eigenvalue weighted by molar-refractivity contribution is 6.24. The van der Waals surface area contributed by atoms with Crippen molar-refractivity contribution in [3.63, 3.8) is 0 Å². The van der Waals surface area contributed by atoms with E-state index in [1.165, 1.54) is 0 Å². The lowest BCUT2D eigenvalue weighted by molar-refractivity contribution is 0.0554. The summed E-state index contributed by atoms with van der Waals surface area (Å²) in [7, 11) is 3.11. The average Bonchev–Trinajstić information content (AvgIpc) is 3.23. The molecule has 5 rings (SSSR count). The Kier molecular flexibility index (Phi) is 4.71. The molecular formula is C23H23ClO7. The van der Waals surface area contributed by atoms with Crippen LogP contribution in [0.5, 0.6) is 28.7 Å². The van der Waals surface area contributed by atoms with Crippen LogP contribution < -0.4 is 23.7 Å². The molecule has 2 aromatic carbocycles. The number of benzene rings is 2. The highest BCUT2D eigenvalue weighted by Gasteiger charge is 2.47. The van der Waals surface area contributed by atoms with Crippen LogP contribution in [0.2, 0.25) is 0 Å². The van der Waals surface area contributed by atoms with Gasteiger partial charge in [-0.15, -0.1) is 11.6 Å². The molecule has 0 saturated carbocycles. The summed E-state index contributed by atoms with van der Waals surface area (Å²) in [5.41, 5.74) is 2.02. The van der Waals surface area contributed by atoms with Gasteiger partial charge in [-0.2, -0.15) is 0 Å². The molecule has 0 saturated heterocycles. The number of carbonyl (C=O) groups excluding carboxylic acids is 1. The number of alkyl halides is 1. The Labute approximate surface area is 184 Å². The summed E-state index contributed by atoms with van der Waals surface area (Å²) in [4.78, 5) is 12.7. The van der Waals surface area contributed by atoms with Crippen molar-refractivity contribution in [1.82, 2.24) is 0 Å². The smallest absolute Gasteiger partial charge is 0.178 e. The third-order valence-corrected chi connectivity index (χ3v) is 6.66. The fourth-order valence-electron chi connectivity index (χ4n) is 4.50. The number of methoxy groups -OCH3 is 2. The van der Waals surface area contributed by atoms with E-state index in [1.807, 2.05) is 0 Å². The molecule has 1 N–H and O–H groups in total. The predicted molar refractivity (Wildman–Crippen MR) is 112 cm³/mol. The molecule has 3 aliphatic heterocycles. The molecule has 0 spiro atoms. The molecule has 0 aromatic heterocycles. The predicted octanol–water partition coefficient (Wildman–Crippen LogP) is 3.12. The van der Waals surface area contributed by atoms with Crippen LogP contribution in [-0.4, -0.2) is 55.4 Å². The molecule has 7 nitrogen and oxygen atoms in total. The van der Waals surface area contributed by atoms with Crippen molar-refractivity contribution in [2.45, 2.75) is 36.3 Å². The van der Waals surface area contributed by atoms with Crippen molar-refractivity contribution >= 4 is 17.4 Å². The summed E-state index contributed by atoms with van der Waals surface area (Å²) in [6.07, 6.45) is -0.444. The molecule has 0 unspecified atom stereocenters. The molecule has 0 fully saturated rings. The standard InChI is InChI=1S/C23H23ClO7/c1-23(24,10-25)19-7-13-14(30-19)5-4-11-21(26)20-12-6-16(27-2)17(28-3)8-15(12)29-9-18(20)31-22(11)13/h4-6,8,18-20,25H,7,9-10H2,1-3H3/t18-,19-,20+,23-/m1/s1. The number of ether oxygens (including phenoxy) is 5. The van der Waals surface area contributed by atoms with Crippen LogP contribution in [0.25, 0.3) is 0 Å². The van der Waals surface area contributed by atoms with Gasteiger partial charge in [0.15, 0.2) is 17.3 Å². The molecular weight excluding hydrogens is 424 g/mol. The van der Waals surface area contributed by atoms with E-state index >= 15 is 0 Å². The Morgan fingerprint density at radius 3 is 2.61 bits per heavy atom. The SMILES string of the molecule is COc1cc2c(cc1OC)[C@@H]1C(=O)c3ccc4c(c3O[C@@H]1CO2)C[C@H]([C@](C)(Cl)CO)O4. The third-order valence-electron chi connectivity index (χ3n) is 6.30. The van der Waals surface area contributed by atoms with E-state index < -0.39 is 23.0 Å². The molecule has 0 amide bonds. The van der Waals surface area contributed by atoms with E-state index in [0.717, 1.165) is 5.56 Å². The molecule has 3 aliphatic rings. The summed E-state index contributed by atoms with van der Waals surface area (Å²) >= 11 is 6.42. The molecule has 4 atom stereocenters. The number of halogens is 1. The number of aliphatic hydroxyl groups is 1. The largest absolute Gasteiger partial charge is 0.493 e. The van der Waals surface area contributed by atoms with Gasteiger partial charge in [-0.25, -0.2) is 0 Å². The van der Waals surface area contributed by atoms with E-state index in [2.05, 4.69) is 0 Å². The maximum absolute atomic E-state index is 13.6. The summed E-state index contributed by atoms with van der Waals surface area (Å²) in [5.74, 6) is 2.25. The van der Waals surface area contributed by atoms with Crippen molar-refractivity contribution in [2.75, 3.05) is 27.4 Å². The molecule has 2 aromatic rings. The molecule has 0 aliphatic carbocycles. The number of rotatable bonds is 4. The quantitative estimate of drug-likeness (QED) is 0.722. The number of ketones is 1. The zero-order valence-electron chi connectivity index (χ0n) is 17.4. The Morgan fingerprint density at radius 2 is 1.90 bits per heavy atom. The van der Waals surface area contributed by atoms with Crippen molar-refractivity contribution in [3.8, 4) is 28.7 Å². The second kappa shape index (κ2) is 7.21. The second-order valence-electron chi connectivity index (χ2n) is 8.22. The minimum atomic E-state index is -0.935. The van der Waals surface area contributed by atoms with Gasteiger partial charge < -0.3 is 28.8 Å². The van der Waals surface area contributed by atoms with Gasteiger partial charge in [0.25, 0.3) is 0 Å². The molecule has 3 heterocycles. The number of Topliss-reactive ketones (excluding diaryl/α,β-unsaturated/α-hetero) is 1. The Hall–Kier alpha value is -2.64. The number of hydrogen-bond acceptors (Lipinski definition) is 7. The minimum Gasteiger partial charge on any atom is -0.493 e. The molecule has 0 bridgehead atoms. The van der Waals surface area contributed by atoms with Crippen molar-refractivity contribution in [2.24, 2.45) is 0 Å². The number of fused-ring (bicyclic) bond motifs is 6. The van der Waals surface area contributed by atoms with Gasteiger partial charge in [0.1, 0.15) is 40.9 Å². The van der Waals surface area contributed by atoms with Crippen LogP contribution in [0.15, 0.2) is 24.3 Å². The average molecular weight is 447 g/mol. The topological polar surface area (TPSA) is 83.5 Å². The molecule has 31 heavy (non-hydrogen) atoms. The summed E-state index contributed by atoms with van der Waals surface area (Å²) in [6, 6.07) is 7.03. The van der Waals surface area contributed by atoms with Crippen LogP contribution in [0, 0.1) is 0 Å². The number of hydrogen-bond donors (Lipinski definition) is 1. The van der Waals surface area contributed by atoms with E-state index in [4.69, 9.17) is 35.3 Å². The van der Waals surface area contributed by atoms with Crippen LogP contribution in [0.1, 0.15) is 34.3 Å². The first kappa shape index (κ1) is 20.3. The summed E-state index contributed by atoms with van der Waals surface area (Å²) < 4.78 is 29.0. The van der Waals surface area contributed by atoms with E-state index in [9.17, 15) is 9.90 Å². The molecule has 0 radical (unpaired) electrons. The second-order valence-corrected chi connectivity index (χ2v) is 9.08. The highest BCUT2D eigenvalue weighted by Crippen LogP contribution is 2.50. The van der Waals surface area contributed by atoms with Crippen molar-refractivity contribution < 1.29 is 33.6 Å². The molecule has 164 valence electrons. The van der Waals surface area contributed by atoms with E-state index in [-0.39, 0.29) is 19.0 Å². The highest BCUT2D eigenvalue weighted by atomic mass is 35.5. The van der Waals surface area contributed by atoms with Gasteiger partial charge in [-0.1, -0.05) is 0 Å². The summed E-state index contributed by atoms with van der Waals surface area (Å²) in [5, 5.41) is 9.61. The zero-order chi connectivity index (χ0) is 21.9. The van der Waals surface area contributed by atoms with Crippen LogP contribution in [-0.2, 0) is 6.42 Å². The van der Waals surface area contributed by atoms with Crippen LogP contribution in [0.3, 0.4) is 0 Å². The van der Waals surface area contributed by atoms with Crippen molar-refractivity contribution in [3.05, 3.63) is 41.0 Å². The van der Waals surface area contributed by atoms with E-state index in [1.54, 1.807) is 45.4 Å². The number of aliphatic hydroxyl groups excluding tert-OH is 1. The van der Waals surface area contributed by atoms with Gasteiger partial charge >= 0.3 is 0 Å². The monoisotopic (exact) mass is 446 g/mol. The van der Waals surface area contributed by atoms with Gasteiger partial charge in [0.2, 0.25) is 0 Å². The molecule has 8 heteroatoms. The van der Waals surface area contributed by atoms with Gasteiger partial charge in [0.05, 0.1) is 32.3 Å². The first-order valence-electron chi connectivity index (χ1n) is 10.1. The van der Waals surface area contributed by atoms with Crippen molar-refractivity contribution in [1.29, 1.82) is 0 Å². The minimum absolute atomic E-state index is 0.0370. The van der Waals surface area contributed by atoms with Gasteiger partial charge in [-0.05, 0) is 25.1 Å². The zero-order valence-corrected chi connectivity index (χ0v) is 18.2. The van der Waals surface area contributed by atoms with E-state index in [0.29, 0.717) is 46.3 Å². The maximum Gasteiger partial charge on any atom is 0.178 e. The van der Waals surface area contributed by atoms with Crippen LogP contribution in [0.4, 0.5) is 0 Å². The maximum atomic E-state index is 13.6. The summed E-state index contributed by atoms with van der Waals surface area (Å²) in [6.45, 7) is 1.74. The Morgan fingerprint density at radius 1 is 1.16 bits per heavy atom.